The smallest absolute Gasteiger partial charge is 0.136 e. The third kappa shape index (κ3) is 1.47. The number of nitriles is 1. The van der Waals surface area contributed by atoms with Gasteiger partial charge in [0, 0.05) is 12.8 Å². The maximum absolute atomic E-state index is 11.1. The monoisotopic (exact) mass is 215 g/mol. The minimum atomic E-state index is -0.589. The highest BCUT2D eigenvalue weighted by Gasteiger charge is 2.45. The molecule has 16 heavy (non-hydrogen) atoms. The summed E-state index contributed by atoms with van der Waals surface area (Å²) in [6.45, 7) is 1.94. The predicted molar refractivity (Wildman–Crippen MR) is 59.3 cm³/mol. The number of Topliss-reactive ketones (excluding diaryl/α,β-unsaturated/α-hetero) is 1. The molecule has 2 rings (SSSR count). The molecule has 0 atom stereocenters. The first-order chi connectivity index (χ1) is 7.61. The maximum atomic E-state index is 11.1. The van der Waals surface area contributed by atoms with E-state index in [2.05, 4.69) is 6.07 Å². The van der Waals surface area contributed by atoms with E-state index in [9.17, 15) is 10.1 Å². The Bertz CT molecular complexity index is 477. The van der Waals surface area contributed by atoms with Gasteiger partial charge in [-0.05, 0) is 24.1 Å². The Hall–Kier alpha value is -1.82. The first kappa shape index (κ1) is 10.7. The highest BCUT2D eigenvalue weighted by Crippen LogP contribution is 2.41. The van der Waals surface area contributed by atoms with E-state index in [1.165, 1.54) is 0 Å². The molecule has 1 aliphatic carbocycles. The van der Waals surface area contributed by atoms with Gasteiger partial charge in [0.1, 0.15) is 11.5 Å². The van der Waals surface area contributed by atoms with Crippen molar-refractivity contribution in [1.82, 2.24) is 0 Å². The second kappa shape index (κ2) is 3.64. The summed E-state index contributed by atoms with van der Waals surface area (Å²) in [5.41, 5.74) is 1.33. The van der Waals surface area contributed by atoms with E-state index in [0.29, 0.717) is 12.8 Å². The number of aryl methyl sites for hydroxylation is 1. The molecule has 1 aromatic carbocycles. The standard InChI is InChI=1S/C13H13NO2/c1-9-5-10(3-4-12(9)16-2)13(8-14)6-11(15)7-13/h3-5H,6-7H2,1-2H3. The SMILES string of the molecule is COc1ccc(C2(C#N)CC(=O)C2)cc1C. The second-order valence-electron chi connectivity index (χ2n) is 4.27. The van der Waals surface area contributed by atoms with E-state index in [-0.39, 0.29) is 5.78 Å². The van der Waals surface area contributed by atoms with Gasteiger partial charge in [0.05, 0.1) is 18.6 Å². The topological polar surface area (TPSA) is 50.1 Å². The van der Waals surface area contributed by atoms with Crippen molar-refractivity contribution < 1.29 is 9.53 Å². The Morgan fingerprint density at radius 1 is 1.44 bits per heavy atom. The first-order valence-electron chi connectivity index (χ1n) is 5.19. The van der Waals surface area contributed by atoms with Crippen molar-refractivity contribution in [2.45, 2.75) is 25.2 Å². The minimum absolute atomic E-state index is 0.162. The van der Waals surface area contributed by atoms with Crippen LogP contribution in [0.2, 0.25) is 0 Å². The fourth-order valence-electron chi connectivity index (χ4n) is 2.15. The summed E-state index contributed by atoms with van der Waals surface area (Å²) in [5, 5.41) is 9.19. The number of carbonyl (C=O) groups excluding carboxylic acids is 1. The molecule has 1 aliphatic rings. The normalized spacial score (nSPS) is 17.4. The highest BCUT2D eigenvalue weighted by molar-refractivity contribution is 5.90. The van der Waals surface area contributed by atoms with Gasteiger partial charge < -0.3 is 4.74 Å². The number of ether oxygens (including phenoxy) is 1. The Kier molecular flexibility index (Phi) is 2.43. The first-order valence-corrected chi connectivity index (χ1v) is 5.19. The van der Waals surface area contributed by atoms with Crippen LogP contribution in [0.3, 0.4) is 0 Å². The van der Waals surface area contributed by atoms with Crippen LogP contribution in [0.1, 0.15) is 24.0 Å². The van der Waals surface area contributed by atoms with E-state index in [1.54, 1.807) is 7.11 Å². The lowest BCUT2D eigenvalue weighted by Gasteiger charge is -2.34. The highest BCUT2D eigenvalue weighted by atomic mass is 16.5. The van der Waals surface area contributed by atoms with Gasteiger partial charge in [-0.1, -0.05) is 12.1 Å². The molecule has 0 radical (unpaired) electrons. The van der Waals surface area contributed by atoms with Crippen LogP contribution in [0, 0.1) is 18.3 Å². The Labute approximate surface area is 94.6 Å². The molecule has 0 heterocycles. The molecule has 0 spiro atoms. The van der Waals surface area contributed by atoms with Crippen molar-refractivity contribution in [3.63, 3.8) is 0 Å². The van der Waals surface area contributed by atoms with Crippen molar-refractivity contribution in [2.24, 2.45) is 0 Å². The predicted octanol–water partition coefficient (Wildman–Crippen LogP) is 2.13. The van der Waals surface area contributed by atoms with Gasteiger partial charge in [0.2, 0.25) is 0 Å². The molecule has 0 N–H and O–H groups in total. The van der Waals surface area contributed by atoms with Gasteiger partial charge >= 0.3 is 0 Å². The minimum Gasteiger partial charge on any atom is -0.496 e. The molecule has 3 nitrogen and oxygen atoms in total. The van der Waals surface area contributed by atoms with E-state index in [0.717, 1.165) is 16.9 Å². The summed E-state index contributed by atoms with van der Waals surface area (Å²) in [6, 6.07) is 7.93. The molecule has 0 aromatic heterocycles. The average molecular weight is 215 g/mol. The van der Waals surface area contributed by atoms with Crippen LogP contribution in [0.5, 0.6) is 5.75 Å². The Morgan fingerprint density at radius 3 is 2.56 bits per heavy atom. The molecule has 1 aromatic rings. The number of hydrogen-bond donors (Lipinski definition) is 0. The average Bonchev–Trinajstić information content (AvgIpc) is 2.24. The number of carbonyl (C=O) groups is 1. The van der Waals surface area contributed by atoms with E-state index < -0.39 is 5.41 Å². The van der Waals surface area contributed by atoms with Crippen molar-refractivity contribution >= 4 is 5.78 Å². The number of rotatable bonds is 2. The zero-order chi connectivity index (χ0) is 11.8. The number of benzene rings is 1. The molecular weight excluding hydrogens is 202 g/mol. The summed E-state index contributed by atoms with van der Waals surface area (Å²) in [5.74, 6) is 0.970. The van der Waals surface area contributed by atoms with Crippen molar-refractivity contribution in [2.75, 3.05) is 7.11 Å². The molecule has 0 aliphatic heterocycles. The Balaban J connectivity index is 2.38. The van der Waals surface area contributed by atoms with Crippen LogP contribution in [-0.4, -0.2) is 12.9 Å². The summed E-state index contributed by atoms with van der Waals surface area (Å²) in [4.78, 5) is 11.1. The van der Waals surface area contributed by atoms with E-state index >= 15 is 0 Å². The van der Waals surface area contributed by atoms with Crippen LogP contribution in [0.15, 0.2) is 18.2 Å². The molecule has 0 amide bonds. The summed E-state index contributed by atoms with van der Waals surface area (Å²) in [6.07, 6.45) is 0.685. The quantitative estimate of drug-likeness (QED) is 0.759. The van der Waals surface area contributed by atoms with Gasteiger partial charge in [-0.3, -0.25) is 4.79 Å². The summed E-state index contributed by atoms with van der Waals surface area (Å²) >= 11 is 0. The second-order valence-corrected chi connectivity index (χ2v) is 4.27. The fraction of sp³-hybridized carbons (Fsp3) is 0.385. The molecule has 3 heteroatoms. The lowest BCUT2D eigenvalue weighted by molar-refractivity contribution is -0.126. The molecule has 1 saturated carbocycles. The third-order valence-corrected chi connectivity index (χ3v) is 3.16. The van der Waals surface area contributed by atoms with E-state index in [1.807, 2.05) is 25.1 Å². The summed E-state index contributed by atoms with van der Waals surface area (Å²) in [7, 11) is 1.62. The third-order valence-electron chi connectivity index (χ3n) is 3.16. The lowest BCUT2D eigenvalue weighted by atomic mass is 9.64. The van der Waals surface area contributed by atoms with E-state index in [4.69, 9.17) is 4.74 Å². The molecular formula is C13H13NO2. The molecule has 0 unspecified atom stereocenters. The number of methoxy groups -OCH3 is 1. The van der Waals surface area contributed by atoms with Crippen molar-refractivity contribution in [1.29, 1.82) is 5.26 Å². The Morgan fingerprint density at radius 2 is 2.12 bits per heavy atom. The number of ketones is 1. The van der Waals surface area contributed by atoms with Crippen LogP contribution in [0.25, 0.3) is 0 Å². The van der Waals surface area contributed by atoms with Gasteiger partial charge in [-0.2, -0.15) is 5.26 Å². The van der Waals surface area contributed by atoms with Crippen LogP contribution in [-0.2, 0) is 10.2 Å². The fourth-order valence-corrected chi connectivity index (χ4v) is 2.15. The van der Waals surface area contributed by atoms with Crippen LogP contribution < -0.4 is 4.74 Å². The van der Waals surface area contributed by atoms with Crippen molar-refractivity contribution in [3.8, 4) is 11.8 Å². The van der Waals surface area contributed by atoms with Gasteiger partial charge in [-0.25, -0.2) is 0 Å². The van der Waals surface area contributed by atoms with Gasteiger partial charge in [0.25, 0.3) is 0 Å². The lowest BCUT2D eigenvalue weighted by Crippen LogP contribution is -2.40. The molecule has 0 bridgehead atoms. The number of hydrogen-bond acceptors (Lipinski definition) is 3. The van der Waals surface area contributed by atoms with Gasteiger partial charge in [0.15, 0.2) is 0 Å². The molecule has 82 valence electrons. The zero-order valence-electron chi connectivity index (χ0n) is 9.41. The number of nitrogens with zero attached hydrogens (tertiary/aromatic N) is 1. The van der Waals surface area contributed by atoms with Crippen LogP contribution >= 0.6 is 0 Å². The maximum Gasteiger partial charge on any atom is 0.136 e. The van der Waals surface area contributed by atoms with Crippen molar-refractivity contribution in [3.05, 3.63) is 29.3 Å². The molecule has 0 saturated heterocycles. The van der Waals surface area contributed by atoms with Crippen LogP contribution in [0.4, 0.5) is 0 Å². The van der Waals surface area contributed by atoms with Gasteiger partial charge in [-0.15, -0.1) is 0 Å². The molecule has 1 fully saturated rings. The zero-order valence-corrected chi connectivity index (χ0v) is 9.41. The summed E-state index contributed by atoms with van der Waals surface area (Å²) < 4.78 is 5.17. The largest absolute Gasteiger partial charge is 0.496 e.